The van der Waals surface area contributed by atoms with Crippen molar-refractivity contribution in [1.82, 2.24) is 4.90 Å². The average molecular weight is 451 g/mol. The molecule has 0 aliphatic carbocycles. The Bertz CT molecular complexity index is 898. The number of allylic oxidation sites excluding steroid dienone is 2. The Kier molecular flexibility index (Phi) is 7.26. The van der Waals surface area contributed by atoms with Crippen LogP contribution in [0.1, 0.15) is 20.3 Å². The second-order valence-corrected chi connectivity index (χ2v) is 8.83. The van der Waals surface area contributed by atoms with Crippen molar-refractivity contribution in [1.29, 1.82) is 0 Å². The van der Waals surface area contributed by atoms with Crippen molar-refractivity contribution in [2.45, 2.75) is 25.2 Å². The maximum atomic E-state index is 12.4. The molecule has 1 fully saturated rings. The van der Waals surface area contributed by atoms with Gasteiger partial charge in [-0.3, -0.25) is 14.5 Å². The number of hydrogen-bond donors (Lipinski definition) is 0. The summed E-state index contributed by atoms with van der Waals surface area (Å²) >= 11 is 8.17. The molecule has 0 bridgehead atoms. The van der Waals surface area contributed by atoms with Crippen molar-refractivity contribution in [3.63, 3.8) is 0 Å². The number of carbonyl (C=O) groups excluding carboxylic acids is 2. The minimum absolute atomic E-state index is 0.0698. The van der Waals surface area contributed by atoms with Gasteiger partial charge >= 0.3 is 5.97 Å². The number of thiocarbonyl (C=S) groups is 1. The zero-order chi connectivity index (χ0) is 21.0. The first-order chi connectivity index (χ1) is 14.0. The van der Waals surface area contributed by atoms with Gasteiger partial charge in [0, 0.05) is 24.1 Å². The summed E-state index contributed by atoms with van der Waals surface area (Å²) in [6.45, 7) is 5.09. The van der Waals surface area contributed by atoms with Crippen LogP contribution in [0.2, 0.25) is 0 Å². The van der Waals surface area contributed by atoms with Crippen molar-refractivity contribution in [3.8, 4) is 5.75 Å². The topological polar surface area (TPSA) is 59.1 Å². The number of fused-ring (bicyclic) bond motifs is 1. The molecule has 2 aliphatic rings. The first-order valence-corrected chi connectivity index (χ1v) is 11.3. The average Bonchev–Trinajstić information content (AvgIpc) is 3.19. The molecule has 0 N–H and O–H groups in total. The van der Waals surface area contributed by atoms with Crippen LogP contribution in [0.5, 0.6) is 5.75 Å². The second-order valence-electron chi connectivity index (χ2n) is 6.10. The van der Waals surface area contributed by atoms with Crippen LogP contribution >= 0.6 is 35.7 Å². The summed E-state index contributed by atoms with van der Waals surface area (Å²) < 4.78 is 11.0. The van der Waals surface area contributed by atoms with E-state index in [1.54, 1.807) is 36.8 Å². The molecule has 2 heterocycles. The number of amides is 1. The Balaban J connectivity index is 1.87. The minimum atomic E-state index is -0.239. The SMILES string of the molecule is CCOC(=O)CCN1/C(=C/C=C2\SC(=S)N(CC)C2=O)Sc2ccc(OC)cc21. The number of benzene rings is 1. The van der Waals surface area contributed by atoms with E-state index in [4.69, 9.17) is 21.7 Å². The van der Waals surface area contributed by atoms with E-state index in [-0.39, 0.29) is 18.3 Å². The standard InChI is InChI=1S/C20H22N2O4S3/c1-4-21-19(24)16(29-20(21)27)8-9-17-22(11-10-18(23)26-5-2)14-12-13(25-3)6-7-15(14)28-17/h6-9,12H,4-5,10-11H2,1-3H3/b16-8-,17-9-. The van der Waals surface area contributed by atoms with E-state index in [1.165, 1.54) is 11.8 Å². The van der Waals surface area contributed by atoms with Crippen LogP contribution in [0.25, 0.3) is 0 Å². The molecule has 1 amide bonds. The number of ether oxygens (including phenoxy) is 2. The van der Waals surface area contributed by atoms with Crippen LogP contribution in [0.3, 0.4) is 0 Å². The summed E-state index contributed by atoms with van der Waals surface area (Å²) in [5.41, 5.74) is 0.972. The summed E-state index contributed by atoms with van der Waals surface area (Å²) in [7, 11) is 1.62. The number of methoxy groups -OCH3 is 1. The number of carbonyl (C=O) groups is 2. The van der Waals surface area contributed by atoms with Gasteiger partial charge in [-0.15, -0.1) is 0 Å². The predicted molar refractivity (Wildman–Crippen MR) is 121 cm³/mol. The number of esters is 1. The van der Waals surface area contributed by atoms with Crippen molar-refractivity contribution < 1.29 is 19.1 Å². The fourth-order valence-corrected chi connectivity index (χ4v) is 5.33. The van der Waals surface area contributed by atoms with Gasteiger partial charge in [0.1, 0.15) is 10.1 Å². The first kappa shape index (κ1) is 21.7. The van der Waals surface area contributed by atoms with Crippen molar-refractivity contribution in [3.05, 3.63) is 40.3 Å². The van der Waals surface area contributed by atoms with Gasteiger partial charge in [0.2, 0.25) is 0 Å². The number of likely N-dealkylation sites (N-methyl/N-ethyl adjacent to an activating group) is 1. The first-order valence-electron chi connectivity index (χ1n) is 9.23. The number of thioether (sulfide) groups is 2. The lowest BCUT2D eigenvalue weighted by Crippen LogP contribution is -2.27. The molecule has 154 valence electrons. The van der Waals surface area contributed by atoms with Crippen LogP contribution in [-0.2, 0) is 14.3 Å². The normalized spacial score (nSPS) is 18.7. The second kappa shape index (κ2) is 9.69. The highest BCUT2D eigenvalue weighted by atomic mass is 32.2. The van der Waals surface area contributed by atoms with Gasteiger partial charge in [0.05, 0.1) is 35.8 Å². The summed E-state index contributed by atoms with van der Waals surface area (Å²) in [5.74, 6) is 0.437. The van der Waals surface area contributed by atoms with Crippen LogP contribution in [0, 0.1) is 0 Å². The lowest BCUT2D eigenvalue weighted by Gasteiger charge is -2.20. The molecule has 1 aromatic carbocycles. The van der Waals surface area contributed by atoms with Gasteiger partial charge in [-0.2, -0.15) is 0 Å². The highest BCUT2D eigenvalue weighted by Crippen LogP contribution is 2.47. The van der Waals surface area contributed by atoms with Crippen molar-refractivity contribution >= 4 is 57.6 Å². The molecule has 0 unspecified atom stereocenters. The van der Waals surface area contributed by atoms with E-state index in [1.807, 2.05) is 31.2 Å². The van der Waals surface area contributed by atoms with Crippen LogP contribution in [0.15, 0.2) is 45.2 Å². The van der Waals surface area contributed by atoms with Crippen LogP contribution in [0.4, 0.5) is 5.69 Å². The summed E-state index contributed by atoms with van der Waals surface area (Å²) in [6.07, 6.45) is 3.97. The molecule has 0 saturated carbocycles. The molecule has 9 heteroatoms. The number of anilines is 1. The summed E-state index contributed by atoms with van der Waals surface area (Å²) in [6, 6.07) is 5.85. The zero-order valence-corrected chi connectivity index (χ0v) is 18.9. The third kappa shape index (κ3) is 4.79. The molecule has 1 saturated heterocycles. The number of rotatable bonds is 7. The van der Waals surface area contributed by atoms with Gasteiger partial charge in [0.25, 0.3) is 5.91 Å². The fraction of sp³-hybridized carbons (Fsp3) is 0.350. The van der Waals surface area contributed by atoms with Gasteiger partial charge in [-0.25, -0.2) is 0 Å². The van der Waals surface area contributed by atoms with Gasteiger partial charge in [-0.05, 0) is 38.1 Å². The van der Waals surface area contributed by atoms with E-state index < -0.39 is 0 Å². The van der Waals surface area contributed by atoms with Gasteiger partial charge in [0.15, 0.2) is 0 Å². The van der Waals surface area contributed by atoms with Crippen LogP contribution < -0.4 is 9.64 Å². The Hall–Kier alpha value is -1.97. The third-order valence-corrected chi connectivity index (χ3v) is 6.88. The monoisotopic (exact) mass is 450 g/mol. The Morgan fingerprint density at radius 3 is 2.66 bits per heavy atom. The molecule has 0 atom stereocenters. The third-order valence-electron chi connectivity index (χ3n) is 4.35. The quantitative estimate of drug-likeness (QED) is 0.349. The predicted octanol–water partition coefficient (Wildman–Crippen LogP) is 4.17. The van der Waals surface area contributed by atoms with Crippen molar-refractivity contribution in [2.75, 3.05) is 31.7 Å². The van der Waals surface area contributed by atoms with E-state index in [0.717, 1.165) is 21.4 Å². The van der Waals surface area contributed by atoms with Crippen LogP contribution in [-0.4, -0.2) is 47.9 Å². The number of nitrogens with zero attached hydrogens (tertiary/aromatic N) is 2. The molecule has 0 radical (unpaired) electrons. The molecule has 0 aromatic heterocycles. The van der Waals surface area contributed by atoms with E-state index in [0.29, 0.717) is 28.9 Å². The van der Waals surface area contributed by atoms with E-state index >= 15 is 0 Å². The summed E-state index contributed by atoms with van der Waals surface area (Å²) in [5, 5.41) is 0.930. The molecule has 1 aromatic rings. The maximum absolute atomic E-state index is 12.4. The smallest absolute Gasteiger partial charge is 0.307 e. The molecular formula is C20H22N2O4S3. The Morgan fingerprint density at radius 2 is 2.00 bits per heavy atom. The van der Waals surface area contributed by atoms with Crippen molar-refractivity contribution in [2.24, 2.45) is 0 Å². The Morgan fingerprint density at radius 1 is 1.21 bits per heavy atom. The van der Waals surface area contributed by atoms with E-state index in [9.17, 15) is 9.59 Å². The lowest BCUT2D eigenvalue weighted by molar-refractivity contribution is -0.142. The largest absolute Gasteiger partial charge is 0.497 e. The van der Waals surface area contributed by atoms with E-state index in [2.05, 4.69) is 4.90 Å². The number of hydrogen-bond acceptors (Lipinski definition) is 8. The molecule has 6 nitrogen and oxygen atoms in total. The maximum Gasteiger partial charge on any atom is 0.307 e. The molecule has 29 heavy (non-hydrogen) atoms. The summed E-state index contributed by atoms with van der Waals surface area (Å²) in [4.78, 5) is 29.6. The highest BCUT2D eigenvalue weighted by Gasteiger charge is 2.31. The minimum Gasteiger partial charge on any atom is -0.497 e. The molecule has 3 rings (SSSR count). The Labute approximate surface area is 184 Å². The lowest BCUT2D eigenvalue weighted by atomic mass is 10.2. The fourth-order valence-electron chi connectivity index (χ4n) is 2.93. The van der Waals surface area contributed by atoms with Gasteiger partial charge < -0.3 is 14.4 Å². The molecule has 0 spiro atoms. The zero-order valence-electron chi connectivity index (χ0n) is 16.5. The molecule has 2 aliphatic heterocycles. The molecular weight excluding hydrogens is 428 g/mol. The van der Waals surface area contributed by atoms with Gasteiger partial charge in [-0.1, -0.05) is 35.7 Å². The highest BCUT2D eigenvalue weighted by molar-refractivity contribution is 8.26.